The van der Waals surface area contributed by atoms with Crippen molar-refractivity contribution in [1.29, 1.82) is 0 Å². The van der Waals surface area contributed by atoms with E-state index < -0.39 is 12.3 Å². The Morgan fingerprint density at radius 1 is 1.90 bits per heavy atom. The first kappa shape index (κ1) is 7.65. The molecule has 0 radical (unpaired) electrons. The molecule has 0 aliphatic carbocycles. The van der Waals surface area contributed by atoms with Crippen LogP contribution in [0.3, 0.4) is 0 Å². The molecule has 0 aromatic heterocycles. The summed E-state index contributed by atoms with van der Waals surface area (Å²) < 4.78 is 0. The van der Waals surface area contributed by atoms with E-state index in [9.17, 15) is 4.79 Å². The molecule has 3 atom stereocenters. The molecule has 58 valence electrons. The van der Waals surface area contributed by atoms with Gasteiger partial charge in [0.1, 0.15) is 12.5 Å². The minimum absolute atomic E-state index is 0.167. The molecule has 1 aliphatic heterocycles. The van der Waals surface area contributed by atoms with Crippen LogP contribution in [0, 0.1) is 5.92 Å². The maximum Gasteiger partial charge on any atom is 0.136 e. The second-order valence-corrected chi connectivity index (χ2v) is 2.65. The lowest BCUT2D eigenvalue weighted by Gasteiger charge is -2.34. The van der Waals surface area contributed by atoms with Crippen molar-refractivity contribution >= 4 is 6.29 Å². The molecule has 0 aromatic rings. The third-order valence-corrected chi connectivity index (χ3v) is 1.79. The van der Waals surface area contributed by atoms with Crippen molar-refractivity contribution in [3.05, 3.63) is 0 Å². The molecule has 1 heterocycles. The molecule has 1 rings (SSSR count). The second-order valence-electron chi connectivity index (χ2n) is 2.65. The molecule has 0 aromatic carbocycles. The monoisotopic (exact) mass is 144 g/mol. The van der Waals surface area contributed by atoms with Crippen LogP contribution >= 0.6 is 0 Å². The molecule has 0 bridgehead atoms. The maximum absolute atomic E-state index is 10.1. The van der Waals surface area contributed by atoms with E-state index in [1.807, 2.05) is 0 Å². The summed E-state index contributed by atoms with van der Waals surface area (Å²) >= 11 is 0. The summed E-state index contributed by atoms with van der Waals surface area (Å²) in [5.41, 5.74) is 5.34. The van der Waals surface area contributed by atoms with Gasteiger partial charge in [-0.3, -0.25) is 5.32 Å². The highest BCUT2D eigenvalue weighted by atomic mass is 16.3. The zero-order valence-electron chi connectivity index (χ0n) is 5.66. The van der Waals surface area contributed by atoms with Crippen molar-refractivity contribution in [1.82, 2.24) is 5.32 Å². The number of carbonyl (C=O) groups is 1. The van der Waals surface area contributed by atoms with E-state index in [0.717, 1.165) is 6.54 Å². The van der Waals surface area contributed by atoms with E-state index in [0.29, 0.717) is 12.7 Å². The van der Waals surface area contributed by atoms with E-state index in [1.165, 1.54) is 0 Å². The summed E-state index contributed by atoms with van der Waals surface area (Å²) in [5, 5.41) is 11.7. The van der Waals surface area contributed by atoms with Crippen LogP contribution in [-0.4, -0.2) is 30.2 Å². The van der Waals surface area contributed by atoms with Crippen LogP contribution in [0.5, 0.6) is 0 Å². The number of aldehydes is 1. The molecule has 4 heteroatoms. The fourth-order valence-electron chi connectivity index (χ4n) is 1.01. The predicted molar refractivity (Wildman–Crippen MR) is 36.2 cm³/mol. The Labute approximate surface area is 59.4 Å². The average molecular weight is 144 g/mol. The molecule has 1 saturated heterocycles. The number of rotatable bonds is 3. The predicted octanol–water partition coefficient (Wildman–Crippen LogP) is -1.56. The lowest BCUT2D eigenvalue weighted by atomic mass is 9.93. The Balaban J connectivity index is 2.18. The highest BCUT2D eigenvalue weighted by molar-refractivity contribution is 5.56. The number of hydrogen-bond acceptors (Lipinski definition) is 4. The molecule has 1 fully saturated rings. The van der Waals surface area contributed by atoms with Crippen LogP contribution in [0.25, 0.3) is 0 Å². The normalized spacial score (nSPS) is 34.6. The van der Waals surface area contributed by atoms with Gasteiger partial charge in [-0.15, -0.1) is 0 Å². The molecule has 4 N–H and O–H groups in total. The summed E-state index contributed by atoms with van der Waals surface area (Å²) in [6.07, 6.45) is 0.842. The smallest absolute Gasteiger partial charge is 0.136 e. The first-order chi connectivity index (χ1) is 4.74. The molecule has 2 unspecified atom stereocenters. The second kappa shape index (κ2) is 3.09. The topological polar surface area (TPSA) is 75.4 Å². The standard InChI is InChI=1S/C6H12N2O2/c7-5(3-9)1-4-2-8-6(4)10/h3-6,8,10H,1-2,7H2/t4?,5-,6?/m0/s1. The van der Waals surface area contributed by atoms with Gasteiger partial charge in [0, 0.05) is 12.5 Å². The number of nitrogens with one attached hydrogen (secondary N) is 1. The average Bonchev–Trinajstić information content (AvgIpc) is 1.96. The minimum atomic E-state index is -0.453. The molecular formula is C6H12N2O2. The zero-order chi connectivity index (χ0) is 7.56. The van der Waals surface area contributed by atoms with Crippen molar-refractivity contribution in [3.8, 4) is 0 Å². The summed E-state index contributed by atoms with van der Waals surface area (Å²) in [7, 11) is 0. The first-order valence-corrected chi connectivity index (χ1v) is 3.36. The third kappa shape index (κ3) is 1.53. The van der Waals surface area contributed by atoms with Crippen LogP contribution in [-0.2, 0) is 4.79 Å². The number of aliphatic hydroxyl groups is 1. The van der Waals surface area contributed by atoms with E-state index in [2.05, 4.69) is 5.32 Å². The van der Waals surface area contributed by atoms with E-state index >= 15 is 0 Å². The molecule has 4 nitrogen and oxygen atoms in total. The number of carbonyl (C=O) groups excluding carboxylic acids is 1. The van der Waals surface area contributed by atoms with Crippen molar-refractivity contribution in [3.63, 3.8) is 0 Å². The number of nitrogens with two attached hydrogens (primary N) is 1. The molecular weight excluding hydrogens is 132 g/mol. The third-order valence-electron chi connectivity index (χ3n) is 1.79. The van der Waals surface area contributed by atoms with Gasteiger partial charge in [0.2, 0.25) is 0 Å². The summed E-state index contributed by atoms with van der Waals surface area (Å²) in [6.45, 7) is 0.767. The Kier molecular flexibility index (Phi) is 2.37. The van der Waals surface area contributed by atoms with Gasteiger partial charge in [-0.05, 0) is 6.42 Å². The number of hydrogen-bond donors (Lipinski definition) is 3. The minimum Gasteiger partial charge on any atom is -0.378 e. The van der Waals surface area contributed by atoms with Gasteiger partial charge >= 0.3 is 0 Å². The molecule has 0 amide bonds. The maximum atomic E-state index is 10.1. The highest BCUT2D eigenvalue weighted by Gasteiger charge is 2.29. The van der Waals surface area contributed by atoms with Gasteiger partial charge in [0.15, 0.2) is 0 Å². The van der Waals surface area contributed by atoms with Crippen LogP contribution in [0.1, 0.15) is 6.42 Å². The fraction of sp³-hybridized carbons (Fsp3) is 0.833. The molecule has 0 spiro atoms. The SMILES string of the molecule is N[C@H](C=O)CC1CNC1O. The van der Waals surface area contributed by atoms with Crippen LogP contribution in [0.4, 0.5) is 0 Å². The highest BCUT2D eigenvalue weighted by Crippen LogP contribution is 2.15. The lowest BCUT2D eigenvalue weighted by molar-refractivity contribution is -0.109. The largest absolute Gasteiger partial charge is 0.378 e. The van der Waals surface area contributed by atoms with E-state index in [-0.39, 0.29) is 5.92 Å². The van der Waals surface area contributed by atoms with Crippen molar-refractivity contribution < 1.29 is 9.90 Å². The first-order valence-electron chi connectivity index (χ1n) is 3.36. The van der Waals surface area contributed by atoms with Gasteiger partial charge < -0.3 is 15.6 Å². The Morgan fingerprint density at radius 3 is 2.90 bits per heavy atom. The van der Waals surface area contributed by atoms with Crippen LogP contribution in [0.15, 0.2) is 0 Å². The van der Waals surface area contributed by atoms with Gasteiger partial charge in [0.25, 0.3) is 0 Å². The number of aliphatic hydroxyl groups excluding tert-OH is 1. The Bertz CT molecular complexity index is 129. The van der Waals surface area contributed by atoms with Gasteiger partial charge in [0.05, 0.1) is 6.04 Å². The molecule has 1 aliphatic rings. The van der Waals surface area contributed by atoms with Crippen molar-refractivity contribution in [2.75, 3.05) is 6.54 Å². The summed E-state index contributed by atoms with van der Waals surface area (Å²) in [4.78, 5) is 10.1. The zero-order valence-corrected chi connectivity index (χ0v) is 5.66. The quantitative estimate of drug-likeness (QED) is 0.419. The van der Waals surface area contributed by atoms with Crippen molar-refractivity contribution in [2.45, 2.75) is 18.7 Å². The Morgan fingerprint density at radius 2 is 2.60 bits per heavy atom. The summed E-state index contributed by atoms with van der Waals surface area (Å²) in [6, 6.07) is -0.415. The molecule has 0 saturated carbocycles. The summed E-state index contributed by atoms with van der Waals surface area (Å²) in [5.74, 6) is 0.167. The lowest BCUT2D eigenvalue weighted by Crippen LogP contribution is -2.54. The molecule has 10 heavy (non-hydrogen) atoms. The van der Waals surface area contributed by atoms with Crippen LogP contribution in [0.2, 0.25) is 0 Å². The van der Waals surface area contributed by atoms with Gasteiger partial charge in [-0.25, -0.2) is 0 Å². The fourth-order valence-corrected chi connectivity index (χ4v) is 1.01. The van der Waals surface area contributed by atoms with E-state index in [4.69, 9.17) is 10.8 Å². The van der Waals surface area contributed by atoms with E-state index in [1.54, 1.807) is 0 Å². The van der Waals surface area contributed by atoms with Crippen LogP contribution < -0.4 is 11.1 Å². The Hall–Kier alpha value is -0.450. The van der Waals surface area contributed by atoms with Gasteiger partial charge in [-0.1, -0.05) is 0 Å². The van der Waals surface area contributed by atoms with Gasteiger partial charge in [-0.2, -0.15) is 0 Å². The van der Waals surface area contributed by atoms with Crippen molar-refractivity contribution in [2.24, 2.45) is 11.7 Å².